The number of para-hydroxylation sites is 1. The second kappa shape index (κ2) is 9.05. The van der Waals surface area contributed by atoms with Gasteiger partial charge in [-0.05, 0) is 23.8 Å². The van der Waals surface area contributed by atoms with Crippen molar-refractivity contribution in [2.45, 2.75) is 30.7 Å². The molecular weight excluding hydrogens is 432 g/mol. The number of nitrogens with zero attached hydrogens (tertiary/aromatic N) is 1. The number of methoxy groups -OCH3 is 1. The first-order valence-electron chi connectivity index (χ1n) is 10.0. The Morgan fingerprint density at radius 2 is 1.84 bits per heavy atom. The van der Waals surface area contributed by atoms with Crippen LogP contribution in [0.3, 0.4) is 0 Å². The molecule has 0 aromatic heterocycles. The number of nitrogens with one attached hydrogen (secondary N) is 1. The predicted molar refractivity (Wildman–Crippen MR) is 105 cm³/mol. The molecule has 1 amide bonds. The van der Waals surface area contributed by atoms with E-state index >= 15 is 0 Å². The lowest BCUT2D eigenvalue weighted by Gasteiger charge is -2.44. The zero-order chi connectivity index (χ0) is 22.9. The van der Waals surface area contributed by atoms with Gasteiger partial charge in [0, 0.05) is 25.8 Å². The molecule has 4 rings (SSSR count). The van der Waals surface area contributed by atoms with E-state index in [1.165, 1.54) is 31.4 Å². The van der Waals surface area contributed by atoms with Gasteiger partial charge in [0.25, 0.3) is 0 Å². The van der Waals surface area contributed by atoms with Crippen molar-refractivity contribution in [2.24, 2.45) is 0 Å². The number of carbonyl (C=O) groups excluding carboxylic acids is 1. The van der Waals surface area contributed by atoms with Gasteiger partial charge in [0.1, 0.15) is 30.3 Å². The predicted octanol–water partition coefficient (Wildman–Crippen LogP) is 3.35. The highest BCUT2D eigenvalue weighted by Crippen LogP contribution is 2.35. The van der Waals surface area contributed by atoms with Gasteiger partial charge < -0.3 is 14.8 Å². The first kappa shape index (κ1) is 22.5. The lowest BCUT2D eigenvalue weighted by Crippen LogP contribution is -2.59. The molecule has 0 bridgehead atoms. The molecule has 0 aliphatic carbocycles. The fourth-order valence-corrected chi connectivity index (χ4v) is 4.12. The molecule has 2 aromatic carbocycles. The molecule has 1 fully saturated rings. The van der Waals surface area contributed by atoms with Crippen molar-refractivity contribution in [3.8, 4) is 5.75 Å². The van der Waals surface area contributed by atoms with Crippen molar-refractivity contribution < 1.29 is 36.6 Å². The average Bonchev–Trinajstić information content (AvgIpc) is 2.72. The molecule has 2 heterocycles. The van der Waals surface area contributed by atoms with E-state index in [1.807, 2.05) is 24.3 Å². The first-order valence-corrected chi connectivity index (χ1v) is 10.0. The fourth-order valence-electron chi connectivity index (χ4n) is 4.12. The maximum atomic E-state index is 13.4. The van der Waals surface area contributed by atoms with E-state index in [1.54, 1.807) is 4.90 Å². The Morgan fingerprint density at radius 3 is 2.50 bits per heavy atom. The SMILES string of the molecule is CO[C@@H]1c2ccccc2OC[C@H]1NC(=O)C(c1ccc(F)cc1)N1CC(OC(F)(F)F)C1. The topological polar surface area (TPSA) is 60.0 Å². The van der Waals surface area contributed by atoms with Crippen LogP contribution in [0.25, 0.3) is 0 Å². The number of rotatable bonds is 6. The number of ether oxygens (including phenoxy) is 3. The molecule has 6 nitrogen and oxygen atoms in total. The van der Waals surface area contributed by atoms with Gasteiger partial charge in [-0.1, -0.05) is 30.3 Å². The summed E-state index contributed by atoms with van der Waals surface area (Å²) in [7, 11) is 1.53. The maximum Gasteiger partial charge on any atom is 0.522 e. The summed E-state index contributed by atoms with van der Waals surface area (Å²) in [5.74, 6) is -0.265. The van der Waals surface area contributed by atoms with Crippen molar-refractivity contribution in [1.82, 2.24) is 10.2 Å². The lowest BCUT2D eigenvalue weighted by molar-refractivity contribution is -0.355. The van der Waals surface area contributed by atoms with Crippen LogP contribution in [0.15, 0.2) is 48.5 Å². The van der Waals surface area contributed by atoms with Gasteiger partial charge in [0.05, 0.1) is 12.1 Å². The molecule has 2 aliphatic heterocycles. The summed E-state index contributed by atoms with van der Waals surface area (Å²) >= 11 is 0. The number of halogens is 4. The highest BCUT2D eigenvalue weighted by Gasteiger charge is 2.44. The molecule has 1 N–H and O–H groups in total. The van der Waals surface area contributed by atoms with Gasteiger partial charge >= 0.3 is 6.36 Å². The fraction of sp³-hybridized carbons (Fsp3) is 0.409. The molecule has 1 unspecified atom stereocenters. The van der Waals surface area contributed by atoms with E-state index in [4.69, 9.17) is 9.47 Å². The van der Waals surface area contributed by atoms with E-state index in [9.17, 15) is 22.4 Å². The number of amides is 1. The van der Waals surface area contributed by atoms with Crippen molar-refractivity contribution in [2.75, 3.05) is 26.8 Å². The number of carbonyl (C=O) groups is 1. The molecule has 32 heavy (non-hydrogen) atoms. The highest BCUT2D eigenvalue weighted by molar-refractivity contribution is 5.83. The summed E-state index contributed by atoms with van der Waals surface area (Å²) in [5, 5.41) is 2.90. The van der Waals surface area contributed by atoms with Crippen LogP contribution in [0, 0.1) is 5.82 Å². The Morgan fingerprint density at radius 1 is 1.16 bits per heavy atom. The second-order valence-electron chi connectivity index (χ2n) is 7.71. The third kappa shape index (κ3) is 4.87. The molecule has 1 saturated heterocycles. The molecule has 0 saturated carbocycles. The Kier molecular flexibility index (Phi) is 6.36. The Labute approximate surface area is 182 Å². The Hall–Kier alpha value is -2.69. The largest absolute Gasteiger partial charge is 0.522 e. The van der Waals surface area contributed by atoms with Crippen LogP contribution in [0.5, 0.6) is 5.75 Å². The molecule has 2 aromatic rings. The van der Waals surface area contributed by atoms with Crippen LogP contribution in [0.2, 0.25) is 0 Å². The van der Waals surface area contributed by atoms with E-state index in [-0.39, 0.29) is 19.7 Å². The first-order chi connectivity index (χ1) is 15.2. The van der Waals surface area contributed by atoms with Crippen LogP contribution in [-0.2, 0) is 14.3 Å². The molecule has 0 spiro atoms. The van der Waals surface area contributed by atoms with E-state index in [2.05, 4.69) is 10.1 Å². The van der Waals surface area contributed by atoms with Gasteiger partial charge in [0.2, 0.25) is 5.91 Å². The van der Waals surface area contributed by atoms with E-state index < -0.39 is 42.4 Å². The van der Waals surface area contributed by atoms with Gasteiger partial charge in [-0.15, -0.1) is 13.2 Å². The number of fused-ring (bicyclic) bond motifs is 1. The molecule has 0 radical (unpaired) electrons. The molecule has 172 valence electrons. The number of hydrogen-bond acceptors (Lipinski definition) is 5. The zero-order valence-electron chi connectivity index (χ0n) is 17.1. The summed E-state index contributed by atoms with van der Waals surface area (Å²) in [6.07, 6.45) is -6.28. The van der Waals surface area contributed by atoms with Crippen molar-refractivity contribution in [3.05, 3.63) is 65.5 Å². The minimum atomic E-state index is -4.75. The summed E-state index contributed by atoms with van der Waals surface area (Å²) in [4.78, 5) is 14.8. The number of hydrogen-bond donors (Lipinski definition) is 1. The minimum absolute atomic E-state index is 0.0906. The standard InChI is InChI=1S/C22H22F4N2O4/c1-30-20-16-4-2-3-5-18(16)31-12-17(20)27-21(29)19(13-6-8-14(23)9-7-13)28-10-15(11-28)32-22(24,25)26/h2-9,15,17,19-20H,10-12H2,1H3,(H,27,29)/t17-,19?,20-/m1/s1. The summed E-state index contributed by atoms with van der Waals surface area (Å²) in [6.45, 7) is -0.0173. The zero-order valence-corrected chi connectivity index (χ0v) is 17.1. The second-order valence-corrected chi connectivity index (χ2v) is 7.71. The van der Waals surface area contributed by atoms with Crippen LogP contribution < -0.4 is 10.1 Å². The summed E-state index contributed by atoms with van der Waals surface area (Å²) in [6, 6.07) is 11.2. The third-order valence-corrected chi connectivity index (χ3v) is 5.57. The number of likely N-dealkylation sites (tertiary alicyclic amines) is 1. The van der Waals surface area contributed by atoms with Crippen LogP contribution in [0.1, 0.15) is 23.3 Å². The normalized spacial score (nSPS) is 22.4. The Balaban J connectivity index is 1.51. The third-order valence-electron chi connectivity index (χ3n) is 5.57. The lowest BCUT2D eigenvalue weighted by atomic mass is 9.96. The van der Waals surface area contributed by atoms with Crippen LogP contribution in [-0.4, -0.2) is 56.1 Å². The minimum Gasteiger partial charge on any atom is -0.491 e. The quantitative estimate of drug-likeness (QED) is 0.679. The molecule has 3 atom stereocenters. The maximum absolute atomic E-state index is 13.4. The number of benzene rings is 2. The van der Waals surface area contributed by atoms with Gasteiger partial charge in [-0.2, -0.15) is 0 Å². The van der Waals surface area contributed by atoms with E-state index in [0.717, 1.165) is 5.56 Å². The van der Waals surface area contributed by atoms with E-state index in [0.29, 0.717) is 11.3 Å². The monoisotopic (exact) mass is 454 g/mol. The molecule has 2 aliphatic rings. The highest BCUT2D eigenvalue weighted by atomic mass is 19.4. The van der Waals surface area contributed by atoms with Crippen molar-refractivity contribution >= 4 is 5.91 Å². The summed E-state index contributed by atoms with van der Waals surface area (Å²) < 4.78 is 66.3. The van der Waals surface area contributed by atoms with Gasteiger partial charge in [-0.25, -0.2) is 4.39 Å². The van der Waals surface area contributed by atoms with Gasteiger partial charge in [-0.3, -0.25) is 14.4 Å². The summed E-state index contributed by atoms with van der Waals surface area (Å²) in [5.41, 5.74) is 1.24. The molecule has 10 heteroatoms. The average molecular weight is 454 g/mol. The Bertz CT molecular complexity index is 948. The smallest absolute Gasteiger partial charge is 0.491 e. The van der Waals surface area contributed by atoms with Crippen LogP contribution >= 0.6 is 0 Å². The van der Waals surface area contributed by atoms with Crippen molar-refractivity contribution in [1.29, 1.82) is 0 Å². The molecular formula is C22H22F4N2O4. The van der Waals surface area contributed by atoms with Crippen LogP contribution in [0.4, 0.5) is 17.6 Å². The van der Waals surface area contributed by atoms with Gasteiger partial charge in [0.15, 0.2) is 0 Å². The number of alkyl halides is 3. The van der Waals surface area contributed by atoms with Crippen molar-refractivity contribution in [3.63, 3.8) is 0 Å².